The highest BCUT2D eigenvalue weighted by molar-refractivity contribution is 5.76. The van der Waals surface area contributed by atoms with E-state index in [-0.39, 0.29) is 5.91 Å². The van der Waals surface area contributed by atoms with Crippen LogP contribution in [0.25, 0.3) is 0 Å². The molecule has 1 fully saturated rings. The van der Waals surface area contributed by atoms with Crippen LogP contribution in [0.2, 0.25) is 0 Å². The highest BCUT2D eigenvalue weighted by atomic mass is 16.2. The fourth-order valence-electron chi connectivity index (χ4n) is 1.89. The Morgan fingerprint density at radius 2 is 2.00 bits per heavy atom. The first-order chi connectivity index (χ1) is 8.04. The lowest BCUT2D eigenvalue weighted by molar-refractivity contribution is -0.130. The number of carbonyl (C=O) groups excluding carboxylic acids is 1. The zero-order chi connectivity index (χ0) is 12.8. The number of nitrogens with one attached hydrogen (secondary N) is 1. The van der Waals surface area contributed by atoms with Gasteiger partial charge < -0.3 is 15.1 Å². The Balaban J connectivity index is 2.09. The summed E-state index contributed by atoms with van der Waals surface area (Å²) in [7, 11) is 8.00. The average Bonchev–Trinajstić information content (AvgIpc) is 2.22. The Kier molecular flexibility index (Phi) is 5.88. The van der Waals surface area contributed by atoms with E-state index in [0.717, 1.165) is 32.7 Å². The smallest absolute Gasteiger partial charge is 0.223 e. The maximum atomic E-state index is 11.7. The summed E-state index contributed by atoms with van der Waals surface area (Å²) in [6.45, 7) is 4.85. The van der Waals surface area contributed by atoms with Gasteiger partial charge in [0, 0.05) is 52.2 Å². The SMILES string of the molecule is CNCCC(=O)N(C)CCN1CC(N(C)C)C1. The Bertz CT molecular complexity index is 239. The van der Waals surface area contributed by atoms with E-state index >= 15 is 0 Å². The summed E-state index contributed by atoms with van der Waals surface area (Å²) in [5.41, 5.74) is 0. The number of hydrogen-bond donors (Lipinski definition) is 1. The minimum atomic E-state index is 0.226. The average molecular weight is 242 g/mol. The molecule has 0 atom stereocenters. The molecule has 0 bridgehead atoms. The number of carbonyl (C=O) groups is 1. The molecule has 0 aliphatic carbocycles. The van der Waals surface area contributed by atoms with Crippen molar-refractivity contribution in [3.8, 4) is 0 Å². The standard InChI is InChI=1S/C12H26N4O/c1-13-6-5-12(17)15(4)7-8-16-9-11(10-16)14(2)3/h11,13H,5-10H2,1-4H3. The van der Waals surface area contributed by atoms with Gasteiger partial charge in [0.1, 0.15) is 0 Å². The van der Waals surface area contributed by atoms with E-state index in [0.29, 0.717) is 12.5 Å². The first-order valence-electron chi connectivity index (χ1n) is 6.32. The molecule has 5 nitrogen and oxygen atoms in total. The molecule has 0 spiro atoms. The molecule has 100 valence electrons. The summed E-state index contributed by atoms with van der Waals surface area (Å²) in [6, 6.07) is 0.695. The second-order valence-corrected chi connectivity index (χ2v) is 5.05. The lowest BCUT2D eigenvalue weighted by Gasteiger charge is -2.43. The predicted molar refractivity (Wildman–Crippen MR) is 70.1 cm³/mol. The molecule has 0 aromatic heterocycles. The van der Waals surface area contributed by atoms with E-state index in [2.05, 4.69) is 29.2 Å². The van der Waals surface area contributed by atoms with Crippen molar-refractivity contribution in [1.82, 2.24) is 20.0 Å². The number of likely N-dealkylation sites (N-methyl/N-ethyl adjacent to an activating group) is 2. The van der Waals surface area contributed by atoms with Crippen molar-refractivity contribution in [2.24, 2.45) is 0 Å². The quantitative estimate of drug-likeness (QED) is 0.641. The second kappa shape index (κ2) is 6.93. The lowest BCUT2D eigenvalue weighted by Crippen LogP contribution is -2.58. The van der Waals surface area contributed by atoms with Gasteiger partial charge in [-0.25, -0.2) is 0 Å². The Morgan fingerprint density at radius 1 is 1.35 bits per heavy atom. The molecule has 0 radical (unpaired) electrons. The normalized spacial score (nSPS) is 17.2. The van der Waals surface area contributed by atoms with Crippen LogP contribution in [0, 0.1) is 0 Å². The first-order valence-corrected chi connectivity index (χ1v) is 6.32. The molecule has 0 aromatic rings. The highest BCUT2D eigenvalue weighted by Gasteiger charge is 2.27. The van der Waals surface area contributed by atoms with Crippen LogP contribution in [0.5, 0.6) is 0 Å². The van der Waals surface area contributed by atoms with Crippen LogP contribution in [0.4, 0.5) is 0 Å². The highest BCUT2D eigenvalue weighted by Crippen LogP contribution is 2.11. The maximum Gasteiger partial charge on any atom is 0.223 e. The van der Waals surface area contributed by atoms with E-state index < -0.39 is 0 Å². The lowest BCUT2D eigenvalue weighted by atomic mass is 10.1. The van der Waals surface area contributed by atoms with Crippen LogP contribution in [0.1, 0.15) is 6.42 Å². The van der Waals surface area contributed by atoms with Gasteiger partial charge >= 0.3 is 0 Å². The van der Waals surface area contributed by atoms with Crippen molar-refractivity contribution in [1.29, 1.82) is 0 Å². The minimum absolute atomic E-state index is 0.226. The number of amides is 1. The Morgan fingerprint density at radius 3 is 2.53 bits per heavy atom. The largest absolute Gasteiger partial charge is 0.344 e. The molecule has 1 aliphatic rings. The number of nitrogens with zero attached hydrogens (tertiary/aromatic N) is 3. The topological polar surface area (TPSA) is 38.8 Å². The van der Waals surface area contributed by atoms with Gasteiger partial charge in [0.15, 0.2) is 0 Å². The second-order valence-electron chi connectivity index (χ2n) is 5.05. The zero-order valence-electron chi connectivity index (χ0n) is 11.6. The molecular formula is C12H26N4O. The Labute approximate surface area is 105 Å². The molecule has 1 heterocycles. The third-order valence-corrected chi connectivity index (χ3v) is 3.43. The predicted octanol–water partition coefficient (Wildman–Crippen LogP) is -0.700. The van der Waals surface area contributed by atoms with Gasteiger partial charge in [0.2, 0.25) is 5.91 Å². The van der Waals surface area contributed by atoms with E-state index in [1.165, 1.54) is 0 Å². The molecule has 1 N–H and O–H groups in total. The van der Waals surface area contributed by atoms with Gasteiger partial charge in [-0.3, -0.25) is 9.69 Å². The molecule has 1 saturated heterocycles. The summed E-state index contributed by atoms with van der Waals surface area (Å²) in [5.74, 6) is 0.226. The summed E-state index contributed by atoms with van der Waals surface area (Å²) in [4.78, 5) is 18.1. The van der Waals surface area contributed by atoms with Crippen LogP contribution in [0.3, 0.4) is 0 Å². The van der Waals surface area contributed by atoms with Crippen molar-refractivity contribution >= 4 is 5.91 Å². The molecule has 0 aromatic carbocycles. The number of likely N-dealkylation sites (tertiary alicyclic amines) is 1. The Hall–Kier alpha value is -0.650. The molecule has 0 unspecified atom stereocenters. The van der Waals surface area contributed by atoms with Gasteiger partial charge in [-0.05, 0) is 21.1 Å². The van der Waals surface area contributed by atoms with E-state index in [1.807, 2.05) is 19.0 Å². The summed E-state index contributed by atoms with van der Waals surface area (Å²) >= 11 is 0. The van der Waals surface area contributed by atoms with Gasteiger partial charge in [0.05, 0.1) is 0 Å². The molecule has 1 amide bonds. The van der Waals surface area contributed by atoms with Crippen molar-refractivity contribution in [3.05, 3.63) is 0 Å². The summed E-state index contributed by atoms with van der Waals surface area (Å²) in [6.07, 6.45) is 0.591. The maximum absolute atomic E-state index is 11.7. The first kappa shape index (κ1) is 14.4. The number of rotatable bonds is 7. The van der Waals surface area contributed by atoms with Crippen LogP contribution in [0.15, 0.2) is 0 Å². The van der Waals surface area contributed by atoms with Crippen molar-refractivity contribution < 1.29 is 4.79 Å². The van der Waals surface area contributed by atoms with Gasteiger partial charge in [-0.15, -0.1) is 0 Å². The van der Waals surface area contributed by atoms with Crippen LogP contribution >= 0.6 is 0 Å². The third kappa shape index (κ3) is 4.61. The summed E-state index contributed by atoms with van der Waals surface area (Å²) < 4.78 is 0. The van der Waals surface area contributed by atoms with Crippen molar-refractivity contribution in [3.63, 3.8) is 0 Å². The van der Waals surface area contributed by atoms with E-state index in [1.54, 1.807) is 0 Å². The monoisotopic (exact) mass is 242 g/mol. The fraction of sp³-hybridized carbons (Fsp3) is 0.917. The van der Waals surface area contributed by atoms with Crippen LogP contribution in [-0.4, -0.2) is 87.6 Å². The fourth-order valence-corrected chi connectivity index (χ4v) is 1.89. The molecule has 17 heavy (non-hydrogen) atoms. The van der Waals surface area contributed by atoms with Gasteiger partial charge in [-0.2, -0.15) is 0 Å². The molecule has 1 rings (SSSR count). The van der Waals surface area contributed by atoms with Crippen LogP contribution < -0.4 is 5.32 Å². The van der Waals surface area contributed by atoms with Crippen molar-refractivity contribution in [2.75, 3.05) is 60.9 Å². The third-order valence-electron chi connectivity index (χ3n) is 3.43. The molecule has 0 saturated carbocycles. The molecule has 1 aliphatic heterocycles. The zero-order valence-corrected chi connectivity index (χ0v) is 11.6. The number of hydrogen-bond acceptors (Lipinski definition) is 4. The van der Waals surface area contributed by atoms with Crippen molar-refractivity contribution in [2.45, 2.75) is 12.5 Å². The molecular weight excluding hydrogens is 216 g/mol. The van der Waals surface area contributed by atoms with Crippen LogP contribution in [-0.2, 0) is 4.79 Å². The van der Waals surface area contributed by atoms with E-state index in [9.17, 15) is 4.79 Å². The van der Waals surface area contributed by atoms with Gasteiger partial charge in [-0.1, -0.05) is 0 Å². The van der Waals surface area contributed by atoms with Gasteiger partial charge in [0.25, 0.3) is 0 Å². The van der Waals surface area contributed by atoms with E-state index in [4.69, 9.17) is 0 Å². The summed E-state index contributed by atoms with van der Waals surface area (Å²) in [5, 5.41) is 3.00. The molecule has 5 heteroatoms. The minimum Gasteiger partial charge on any atom is -0.344 e.